The van der Waals surface area contributed by atoms with Gasteiger partial charge in [-0.1, -0.05) is 6.92 Å². The Morgan fingerprint density at radius 3 is 2.64 bits per heavy atom. The zero-order valence-electron chi connectivity index (χ0n) is 14.4. The minimum atomic E-state index is 0. The van der Waals surface area contributed by atoms with Crippen LogP contribution in [0.5, 0.6) is 0 Å². The molecule has 0 aliphatic heterocycles. The van der Waals surface area contributed by atoms with Crippen molar-refractivity contribution in [2.75, 3.05) is 12.4 Å². The second kappa shape index (κ2) is 10.2. The van der Waals surface area contributed by atoms with Crippen molar-refractivity contribution in [3.8, 4) is 0 Å². The van der Waals surface area contributed by atoms with Crippen LogP contribution < -0.4 is 11.1 Å². The number of nitrogens with two attached hydrogens (primary N) is 1. The maximum atomic E-state index is 5.90. The average molecular weight is 406 g/mol. The number of rotatable bonds is 7. The minimum Gasteiger partial charge on any atom is -0.377 e. The lowest BCUT2D eigenvalue weighted by molar-refractivity contribution is 0.177. The Morgan fingerprint density at radius 2 is 2.04 bits per heavy atom. The van der Waals surface area contributed by atoms with Crippen LogP contribution >= 0.6 is 36.2 Å². The number of halogens is 2. The number of anilines is 1. The first-order valence-corrected chi connectivity index (χ1v) is 8.85. The zero-order chi connectivity index (χ0) is 16.2. The lowest BCUT2D eigenvalue weighted by atomic mass is 9.78. The van der Waals surface area contributed by atoms with E-state index in [1.807, 2.05) is 6.07 Å². The average Bonchev–Trinajstić information content (AvgIpc) is 2.98. The number of nitrogens with zero attached hydrogens (tertiary/aromatic N) is 3. The molecule has 0 bridgehead atoms. The summed E-state index contributed by atoms with van der Waals surface area (Å²) in [6, 6.07) is 2.34. The number of thiazole rings is 1. The van der Waals surface area contributed by atoms with E-state index in [-0.39, 0.29) is 24.8 Å². The number of ether oxygens (including phenoxy) is 1. The predicted octanol–water partition coefficient (Wildman–Crippen LogP) is 3.30. The van der Waals surface area contributed by atoms with Crippen molar-refractivity contribution >= 4 is 42.0 Å². The van der Waals surface area contributed by atoms with Crippen LogP contribution in [-0.2, 0) is 24.3 Å². The van der Waals surface area contributed by atoms with Gasteiger partial charge in [-0.05, 0) is 19.3 Å². The molecule has 0 radical (unpaired) electrons. The molecule has 0 spiro atoms. The third-order valence-electron chi connectivity index (χ3n) is 4.04. The van der Waals surface area contributed by atoms with Crippen molar-refractivity contribution in [3.63, 3.8) is 0 Å². The predicted molar refractivity (Wildman–Crippen MR) is 106 cm³/mol. The van der Waals surface area contributed by atoms with E-state index in [1.54, 1.807) is 18.4 Å². The molecule has 1 aliphatic rings. The highest BCUT2D eigenvalue weighted by molar-refractivity contribution is 7.09. The summed E-state index contributed by atoms with van der Waals surface area (Å²) in [7, 11) is 1.66. The lowest BCUT2D eigenvalue weighted by Crippen LogP contribution is -2.35. The highest BCUT2D eigenvalue weighted by Crippen LogP contribution is 2.35. The highest BCUT2D eigenvalue weighted by Gasteiger charge is 2.29. The molecular weight excluding hydrogens is 381 g/mol. The molecule has 25 heavy (non-hydrogen) atoms. The van der Waals surface area contributed by atoms with Gasteiger partial charge in [0.1, 0.15) is 17.4 Å². The van der Waals surface area contributed by atoms with Crippen molar-refractivity contribution in [3.05, 3.63) is 33.7 Å². The van der Waals surface area contributed by atoms with Crippen LogP contribution in [0.4, 0.5) is 5.82 Å². The Hall–Kier alpha value is -0.990. The Kier molecular flexibility index (Phi) is 9.02. The summed E-state index contributed by atoms with van der Waals surface area (Å²) in [6.07, 6.45) is 2.96. The smallest absolute Gasteiger partial charge is 0.156 e. The molecule has 0 saturated heterocycles. The molecule has 140 valence electrons. The summed E-state index contributed by atoms with van der Waals surface area (Å²) in [5.74, 6) is 1.98. The fourth-order valence-corrected chi connectivity index (χ4v) is 3.49. The van der Waals surface area contributed by atoms with E-state index < -0.39 is 0 Å². The maximum absolute atomic E-state index is 5.90. The van der Waals surface area contributed by atoms with Crippen LogP contribution in [0.3, 0.4) is 0 Å². The van der Waals surface area contributed by atoms with Crippen molar-refractivity contribution in [2.24, 2.45) is 5.73 Å². The molecule has 1 aliphatic carbocycles. The summed E-state index contributed by atoms with van der Waals surface area (Å²) < 4.78 is 5.18. The van der Waals surface area contributed by atoms with E-state index in [2.05, 4.69) is 32.6 Å². The molecule has 2 aromatic heterocycles. The molecule has 6 nitrogen and oxygen atoms in total. The van der Waals surface area contributed by atoms with Crippen LogP contribution in [0.25, 0.3) is 0 Å². The van der Waals surface area contributed by atoms with E-state index in [9.17, 15) is 0 Å². The topological polar surface area (TPSA) is 86.0 Å². The highest BCUT2D eigenvalue weighted by atomic mass is 35.5. The van der Waals surface area contributed by atoms with Crippen molar-refractivity contribution in [1.82, 2.24) is 15.0 Å². The summed E-state index contributed by atoms with van der Waals surface area (Å²) >= 11 is 1.68. The molecule has 0 amide bonds. The fraction of sp³-hybridized carbons (Fsp3) is 0.562. The van der Waals surface area contributed by atoms with Gasteiger partial charge >= 0.3 is 0 Å². The van der Waals surface area contributed by atoms with Crippen molar-refractivity contribution in [1.29, 1.82) is 0 Å². The molecule has 9 heteroatoms. The third-order valence-corrected chi connectivity index (χ3v) is 4.94. The summed E-state index contributed by atoms with van der Waals surface area (Å²) in [4.78, 5) is 13.7. The SMILES string of the molecule is CCc1csc(CNc2cc(C3CC(N)C3)nc(COC)n2)n1.Cl.Cl. The standard InChI is InChI=1S/C16H23N5OS.2ClH/c1-3-12-9-23-16(19-12)7-18-14-6-13(10-4-11(17)5-10)20-15(21-14)8-22-2;;/h6,9-11H,3-5,7-8,17H2,1-2H3,(H,18,20,21);2*1H. The third kappa shape index (κ3) is 5.76. The normalized spacial score (nSPS) is 18.7. The number of aromatic nitrogens is 3. The number of hydrogen-bond acceptors (Lipinski definition) is 7. The van der Waals surface area contributed by atoms with Gasteiger partial charge in [0.25, 0.3) is 0 Å². The Balaban J connectivity index is 0.00000156. The van der Waals surface area contributed by atoms with E-state index >= 15 is 0 Å². The van der Waals surface area contributed by atoms with Crippen LogP contribution in [-0.4, -0.2) is 28.1 Å². The van der Waals surface area contributed by atoms with E-state index in [4.69, 9.17) is 10.5 Å². The number of methoxy groups -OCH3 is 1. The van der Waals surface area contributed by atoms with E-state index in [0.29, 0.717) is 30.9 Å². The summed E-state index contributed by atoms with van der Waals surface area (Å²) in [5, 5.41) is 6.54. The molecule has 0 unspecified atom stereocenters. The first-order valence-electron chi connectivity index (χ1n) is 7.97. The van der Waals surface area contributed by atoms with Gasteiger partial charge in [0.05, 0.1) is 12.2 Å². The van der Waals surface area contributed by atoms with E-state index in [0.717, 1.165) is 41.5 Å². The largest absolute Gasteiger partial charge is 0.377 e. The van der Waals surface area contributed by atoms with Gasteiger partial charge in [-0.25, -0.2) is 15.0 Å². The van der Waals surface area contributed by atoms with Gasteiger partial charge in [-0.15, -0.1) is 36.2 Å². The number of aryl methyl sites for hydroxylation is 1. The Labute approximate surface area is 164 Å². The van der Waals surface area contributed by atoms with Gasteiger partial charge < -0.3 is 15.8 Å². The Morgan fingerprint density at radius 1 is 1.28 bits per heavy atom. The van der Waals surface area contributed by atoms with Crippen LogP contribution in [0, 0.1) is 0 Å². The van der Waals surface area contributed by atoms with Gasteiger partial charge in [-0.3, -0.25) is 0 Å². The zero-order valence-corrected chi connectivity index (χ0v) is 16.8. The minimum absolute atomic E-state index is 0. The monoisotopic (exact) mass is 405 g/mol. The summed E-state index contributed by atoms with van der Waals surface area (Å²) in [5.41, 5.74) is 8.10. The molecule has 2 heterocycles. The molecule has 3 N–H and O–H groups in total. The number of hydrogen-bond donors (Lipinski definition) is 2. The van der Waals surface area contributed by atoms with Crippen molar-refractivity contribution in [2.45, 2.75) is 51.3 Å². The quantitative estimate of drug-likeness (QED) is 0.734. The lowest BCUT2D eigenvalue weighted by Gasteiger charge is -2.32. The second-order valence-corrected chi connectivity index (χ2v) is 6.84. The van der Waals surface area contributed by atoms with E-state index in [1.165, 1.54) is 0 Å². The van der Waals surface area contributed by atoms with Gasteiger partial charge in [0.2, 0.25) is 0 Å². The second-order valence-electron chi connectivity index (χ2n) is 5.90. The number of nitrogens with one attached hydrogen (secondary N) is 1. The summed E-state index contributed by atoms with van der Waals surface area (Å²) in [6.45, 7) is 3.21. The van der Waals surface area contributed by atoms with Gasteiger partial charge in [-0.2, -0.15) is 0 Å². The molecule has 0 atom stereocenters. The Bertz CT molecular complexity index is 664. The molecular formula is C16H25Cl2N5OS. The molecule has 3 rings (SSSR count). The van der Waals surface area contributed by atoms with Crippen LogP contribution in [0.2, 0.25) is 0 Å². The molecule has 1 fully saturated rings. The van der Waals surface area contributed by atoms with Crippen LogP contribution in [0.15, 0.2) is 11.4 Å². The molecule has 0 aromatic carbocycles. The fourth-order valence-electron chi connectivity index (χ4n) is 2.67. The van der Waals surface area contributed by atoms with Crippen LogP contribution in [0.1, 0.15) is 47.9 Å². The first kappa shape index (κ1) is 22.1. The molecule has 2 aromatic rings. The van der Waals surface area contributed by atoms with Gasteiger partial charge in [0, 0.05) is 36.2 Å². The molecule has 1 saturated carbocycles. The maximum Gasteiger partial charge on any atom is 0.156 e. The van der Waals surface area contributed by atoms with Gasteiger partial charge in [0.15, 0.2) is 5.82 Å². The van der Waals surface area contributed by atoms with Crippen molar-refractivity contribution < 1.29 is 4.74 Å². The first-order chi connectivity index (χ1) is 11.2.